The van der Waals surface area contributed by atoms with Crippen molar-refractivity contribution in [2.24, 2.45) is 0 Å². The van der Waals surface area contributed by atoms with Crippen molar-refractivity contribution in [1.82, 2.24) is 4.79 Å². The SMILES string of the molecule is O=C(N(F)[Si](OC(F)(F)C(F)(F)F)(OC(F)(F)C(F)(F)F)OC(F)(F)C(F)(F)F)C(F)(F)C(F)(F)C(F)(F)C(F)(F)F. The molecule has 0 heterocycles. The van der Waals surface area contributed by atoms with Crippen molar-refractivity contribution in [3.8, 4) is 0 Å². The van der Waals surface area contributed by atoms with E-state index in [-0.39, 0.29) is 0 Å². The number of halogens is 25. The van der Waals surface area contributed by atoms with E-state index in [9.17, 15) is 115 Å². The Kier molecular flexibility index (Phi) is 9.93. The molecule has 252 valence electrons. The molecule has 0 aromatic rings. The Morgan fingerprint density at radius 1 is 0.429 bits per heavy atom. The van der Waals surface area contributed by atoms with Crippen LogP contribution >= 0.6 is 0 Å². The molecule has 0 spiro atoms. The Bertz CT molecular complexity index is 907. The second-order valence-corrected chi connectivity index (χ2v) is 8.73. The molecule has 0 saturated carbocycles. The normalized spacial score (nSPS) is 16.1. The van der Waals surface area contributed by atoms with Gasteiger partial charge in [-0.2, -0.15) is 105 Å². The van der Waals surface area contributed by atoms with Gasteiger partial charge in [0.15, 0.2) is 0 Å². The Balaban J connectivity index is 7.83. The van der Waals surface area contributed by atoms with Crippen molar-refractivity contribution in [1.29, 1.82) is 0 Å². The molecule has 0 aliphatic carbocycles. The number of alkyl halides is 24. The third-order valence-electron chi connectivity index (χ3n) is 3.59. The van der Waals surface area contributed by atoms with Crippen LogP contribution in [-0.4, -0.2) is 80.5 Å². The predicted octanol–water partition coefficient (Wildman–Crippen LogP) is 7.12. The summed E-state index contributed by atoms with van der Waals surface area (Å²) in [7, 11) is -10.4. The molecule has 0 fully saturated rings. The van der Waals surface area contributed by atoms with Gasteiger partial charge < -0.3 is 0 Å². The summed E-state index contributed by atoms with van der Waals surface area (Å²) >= 11 is 0. The molecular formula is C11F25NO4Si. The third kappa shape index (κ3) is 6.96. The molecule has 5 nitrogen and oxygen atoms in total. The Morgan fingerprint density at radius 3 is 0.857 bits per heavy atom. The minimum Gasteiger partial charge on any atom is -0.287 e. The van der Waals surface area contributed by atoms with Crippen molar-refractivity contribution in [3.63, 3.8) is 0 Å². The van der Waals surface area contributed by atoms with E-state index < -0.39 is 80.5 Å². The predicted molar refractivity (Wildman–Crippen MR) is 70.9 cm³/mol. The number of carbonyl (C=O) groups excluding carboxylic acids is 1. The number of rotatable bonds is 10. The van der Waals surface area contributed by atoms with Gasteiger partial charge >= 0.3 is 75.7 Å². The topological polar surface area (TPSA) is 48.0 Å². The highest BCUT2D eigenvalue weighted by molar-refractivity contribution is 6.60. The molecular weight excluding hydrogens is 713 g/mol. The van der Waals surface area contributed by atoms with Gasteiger partial charge in [-0.3, -0.25) is 18.1 Å². The van der Waals surface area contributed by atoms with Crippen LogP contribution in [0.15, 0.2) is 0 Å². The van der Waals surface area contributed by atoms with Gasteiger partial charge in [0.2, 0.25) is 0 Å². The monoisotopic (exact) mass is 713 g/mol. The first kappa shape index (κ1) is 39.8. The van der Waals surface area contributed by atoms with Gasteiger partial charge in [0.1, 0.15) is 0 Å². The zero-order valence-corrected chi connectivity index (χ0v) is 18.5. The van der Waals surface area contributed by atoms with Crippen LogP contribution in [0.2, 0.25) is 0 Å². The van der Waals surface area contributed by atoms with E-state index in [1.807, 2.05) is 0 Å². The number of carbonyl (C=O) groups is 1. The minimum atomic E-state index is -10.4. The van der Waals surface area contributed by atoms with Crippen LogP contribution in [0, 0.1) is 0 Å². The lowest BCUT2D eigenvalue weighted by Crippen LogP contribution is -2.74. The van der Waals surface area contributed by atoms with Crippen molar-refractivity contribution in [3.05, 3.63) is 0 Å². The van der Waals surface area contributed by atoms with Crippen molar-refractivity contribution in [2.75, 3.05) is 0 Å². The number of amides is 1. The lowest BCUT2D eigenvalue weighted by atomic mass is 10.0. The van der Waals surface area contributed by atoms with Gasteiger partial charge in [-0.25, -0.2) is 0 Å². The molecule has 0 aliphatic heterocycles. The summed E-state index contributed by atoms with van der Waals surface area (Å²) in [4.78, 5) is 6.67. The third-order valence-corrected chi connectivity index (χ3v) is 5.82. The maximum absolute atomic E-state index is 14.3. The average molecular weight is 713 g/mol. The van der Waals surface area contributed by atoms with E-state index in [1.165, 1.54) is 13.3 Å². The van der Waals surface area contributed by atoms with E-state index in [4.69, 9.17) is 0 Å². The largest absolute Gasteiger partial charge is 0.679 e. The van der Waals surface area contributed by atoms with Crippen molar-refractivity contribution >= 4 is 14.9 Å². The Hall–Kier alpha value is -2.18. The summed E-state index contributed by atoms with van der Waals surface area (Å²) in [5.41, 5.74) is 0. The minimum absolute atomic E-state index is 1.51. The van der Waals surface area contributed by atoms with Gasteiger partial charge in [0.05, 0.1) is 0 Å². The molecule has 0 unspecified atom stereocenters. The highest BCUT2D eigenvalue weighted by atomic mass is 28.4. The zero-order chi connectivity index (χ0) is 34.8. The Labute approximate surface area is 210 Å². The first-order valence-corrected chi connectivity index (χ1v) is 10.0. The van der Waals surface area contributed by atoms with Crippen LogP contribution in [-0.2, 0) is 18.1 Å². The van der Waals surface area contributed by atoms with Gasteiger partial charge in [-0.1, -0.05) is 0 Å². The summed E-state index contributed by atoms with van der Waals surface area (Å²) in [5, 5.41) is 0. The molecule has 42 heavy (non-hydrogen) atoms. The molecule has 1 amide bonds. The fraction of sp³-hybridized carbons (Fsp3) is 0.909. The summed E-state index contributed by atoms with van der Waals surface area (Å²) in [6.45, 7) is 0. The van der Waals surface area contributed by atoms with Gasteiger partial charge in [-0.15, -0.1) is 9.27 Å². The van der Waals surface area contributed by atoms with Gasteiger partial charge in [0.25, 0.3) is 0 Å². The van der Waals surface area contributed by atoms with E-state index in [0.717, 1.165) is 0 Å². The molecule has 0 rings (SSSR count). The molecule has 0 bridgehead atoms. The quantitative estimate of drug-likeness (QED) is 0.138. The molecule has 0 aromatic carbocycles. The lowest BCUT2D eigenvalue weighted by Gasteiger charge is -2.40. The first-order chi connectivity index (χ1) is 17.7. The summed E-state index contributed by atoms with van der Waals surface area (Å²) in [6, 6.07) is 0. The van der Waals surface area contributed by atoms with Crippen molar-refractivity contribution < 1.29 is 128 Å². The lowest BCUT2D eigenvalue weighted by molar-refractivity contribution is -0.430. The number of nitrogens with zero attached hydrogens (tertiary/aromatic N) is 1. The number of hydrogen-bond donors (Lipinski definition) is 0. The molecule has 0 aliphatic rings. The van der Waals surface area contributed by atoms with Gasteiger partial charge in [0, 0.05) is 0 Å². The second-order valence-electron chi connectivity index (χ2n) is 6.68. The molecule has 31 heteroatoms. The van der Waals surface area contributed by atoms with E-state index >= 15 is 0 Å². The first-order valence-electron chi connectivity index (χ1n) is 8.33. The Morgan fingerprint density at radius 2 is 0.667 bits per heavy atom. The summed E-state index contributed by atoms with van der Waals surface area (Å²) in [5.74, 6) is -31.5. The van der Waals surface area contributed by atoms with Crippen LogP contribution in [0.25, 0.3) is 0 Å². The summed E-state index contributed by atoms with van der Waals surface area (Å²) in [6.07, 6.45) is -56.0. The highest BCUT2D eigenvalue weighted by Crippen LogP contribution is 2.55. The fourth-order valence-corrected chi connectivity index (χ4v) is 3.67. The van der Waals surface area contributed by atoms with E-state index in [1.54, 1.807) is 0 Å². The fourth-order valence-electron chi connectivity index (χ4n) is 1.60. The highest BCUT2D eigenvalue weighted by Gasteiger charge is 2.87. The van der Waals surface area contributed by atoms with Crippen molar-refractivity contribution in [2.45, 2.75) is 60.8 Å². The average Bonchev–Trinajstić information content (AvgIpc) is 2.67. The maximum Gasteiger partial charge on any atom is 0.679 e. The zero-order valence-electron chi connectivity index (χ0n) is 17.5. The molecule has 0 atom stereocenters. The molecule has 0 saturated heterocycles. The second kappa shape index (κ2) is 10.5. The van der Waals surface area contributed by atoms with Crippen LogP contribution in [0.4, 0.5) is 110 Å². The van der Waals surface area contributed by atoms with Gasteiger partial charge in [-0.05, 0) is 0 Å². The van der Waals surface area contributed by atoms with Crippen LogP contribution in [0.3, 0.4) is 0 Å². The molecule has 0 radical (unpaired) electrons. The molecule has 0 aromatic heterocycles. The maximum atomic E-state index is 14.3. The van der Waals surface area contributed by atoms with E-state index in [0.29, 0.717) is 0 Å². The van der Waals surface area contributed by atoms with Crippen LogP contribution < -0.4 is 0 Å². The molecule has 0 N–H and O–H groups in total. The van der Waals surface area contributed by atoms with E-state index in [2.05, 4.69) is 0 Å². The smallest absolute Gasteiger partial charge is 0.287 e. The summed E-state index contributed by atoms with van der Waals surface area (Å²) < 4.78 is 326. The number of hydrogen-bond acceptors (Lipinski definition) is 4. The van der Waals surface area contributed by atoms with Crippen LogP contribution in [0.5, 0.6) is 0 Å². The van der Waals surface area contributed by atoms with Crippen LogP contribution in [0.1, 0.15) is 0 Å². The standard InChI is InChI=1S/C11F25NO4Si/c12-2(13,3(14,15)4(16,17)5(18,19)20)1(38)37(36)42(39-9(30,31)6(21,22)23,40-10(32,33)7(24,25)26)41-11(34,35)8(27,28)29.